The lowest BCUT2D eigenvalue weighted by atomic mass is 10.1. The summed E-state index contributed by atoms with van der Waals surface area (Å²) in [7, 11) is 3.07. The fraction of sp³-hybridized carbons (Fsp3) is 0.333. The van der Waals surface area contributed by atoms with Crippen molar-refractivity contribution in [1.29, 1.82) is 0 Å². The Hall–Kier alpha value is -2.12. The summed E-state index contributed by atoms with van der Waals surface area (Å²) in [5.41, 5.74) is 0.906. The maximum Gasteiger partial charge on any atom is 0.270 e. The van der Waals surface area contributed by atoms with Gasteiger partial charge in [-0.1, -0.05) is 0 Å². The topological polar surface area (TPSA) is 80.7 Å². The lowest BCUT2D eigenvalue weighted by molar-refractivity contribution is 0.0910. The van der Waals surface area contributed by atoms with Crippen molar-refractivity contribution in [3.05, 3.63) is 39.8 Å². The van der Waals surface area contributed by atoms with Crippen LogP contribution in [0.4, 0.5) is 0 Å². The first kappa shape index (κ1) is 16.3. The molecule has 0 aliphatic rings. The Morgan fingerprint density at radius 2 is 2.18 bits per heavy atom. The minimum atomic E-state index is -0.909. The van der Waals surface area contributed by atoms with E-state index >= 15 is 0 Å². The summed E-state index contributed by atoms with van der Waals surface area (Å²) in [6.45, 7) is 1.89. The molecule has 2 N–H and O–H groups in total. The molecule has 0 spiro atoms. The van der Waals surface area contributed by atoms with Crippen LogP contribution in [0, 0.1) is 6.92 Å². The molecule has 0 bridgehead atoms. The zero-order valence-electron chi connectivity index (χ0n) is 12.6. The molecular weight excluding hydrogens is 304 g/mol. The van der Waals surface area contributed by atoms with Crippen molar-refractivity contribution >= 4 is 17.2 Å². The highest BCUT2D eigenvalue weighted by molar-refractivity contribution is 7.09. The van der Waals surface area contributed by atoms with Gasteiger partial charge in [-0.05, 0) is 25.1 Å². The zero-order valence-corrected chi connectivity index (χ0v) is 13.4. The Labute approximate surface area is 132 Å². The Morgan fingerprint density at radius 1 is 1.41 bits per heavy atom. The number of nitrogens with one attached hydrogen (secondary N) is 1. The maximum atomic E-state index is 11.9. The molecular formula is C15H18N2O4S. The smallest absolute Gasteiger partial charge is 0.270 e. The second kappa shape index (κ2) is 7.24. The van der Waals surface area contributed by atoms with Crippen LogP contribution in [0.15, 0.2) is 23.6 Å². The number of thiazole rings is 1. The highest BCUT2D eigenvalue weighted by Crippen LogP contribution is 2.29. The molecule has 1 unspecified atom stereocenters. The molecule has 6 nitrogen and oxygen atoms in total. The third kappa shape index (κ3) is 3.75. The van der Waals surface area contributed by atoms with Gasteiger partial charge in [0, 0.05) is 17.5 Å². The van der Waals surface area contributed by atoms with Crippen LogP contribution in [0.2, 0.25) is 0 Å². The number of hydrogen-bond donors (Lipinski definition) is 2. The predicted octanol–water partition coefficient (Wildman–Crippen LogP) is 1.93. The molecule has 0 saturated carbocycles. The third-order valence-corrected chi connectivity index (χ3v) is 3.88. The molecule has 2 aromatic rings. The molecule has 118 valence electrons. The van der Waals surface area contributed by atoms with E-state index < -0.39 is 6.10 Å². The maximum absolute atomic E-state index is 11.9. The van der Waals surface area contributed by atoms with E-state index in [1.807, 2.05) is 6.92 Å². The van der Waals surface area contributed by atoms with E-state index in [0.29, 0.717) is 22.8 Å². The number of aryl methyl sites for hydroxylation is 1. The fourth-order valence-electron chi connectivity index (χ4n) is 1.96. The van der Waals surface area contributed by atoms with Crippen molar-refractivity contribution in [2.24, 2.45) is 0 Å². The SMILES string of the molecule is COc1ccc(OC)c(C(O)CNC(=O)c2csc(C)n2)c1. The van der Waals surface area contributed by atoms with Gasteiger partial charge in [-0.2, -0.15) is 0 Å². The zero-order chi connectivity index (χ0) is 16.1. The molecule has 0 saturated heterocycles. The summed E-state index contributed by atoms with van der Waals surface area (Å²) < 4.78 is 10.4. The first-order valence-corrected chi connectivity index (χ1v) is 7.53. The Morgan fingerprint density at radius 3 is 2.77 bits per heavy atom. The van der Waals surface area contributed by atoms with Gasteiger partial charge in [0.1, 0.15) is 23.3 Å². The van der Waals surface area contributed by atoms with E-state index in [1.54, 1.807) is 30.7 Å². The van der Waals surface area contributed by atoms with Gasteiger partial charge in [-0.25, -0.2) is 4.98 Å². The lowest BCUT2D eigenvalue weighted by Crippen LogP contribution is -2.28. The molecule has 2 rings (SSSR count). The number of aliphatic hydroxyl groups is 1. The van der Waals surface area contributed by atoms with Crippen molar-refractivity contribution in [2.75, 3.05) is 20.8 Å². The van der Waals surface area contributed by atoms with E-state index in [-0.39, 0.29) is 12.5 Å². The molecule has 7 heteroatoms. The Balaban J connectivity index is 2.05. The molecule has 0 aliphatic heterocycles. The molecule has 1 amide bonds. The van der Waals surface area contributed by atoms with Crippen LogP contribution in [0.3, 0.4) is 0 Å². The molecule has 22 heavy (non-hydrogen) atoms. The molecule has 0 aliphatic carbocycles. The van der Waals surface area contributed by atoms with E-state index in [9.17, 15) is 9.90 Å². The van der Waals surface area contributed by atoms with Crippen LogP contribution < -0.4 is 14.8 Å². The number of rotatable bonds is 6. The van der Waals surface area contributed by atoms with Gasteiger partial charge < -0.3 is 19.9 Å². The first-order chi connectivity index (χ1) is 10.5. The Kier molecular flexibility index (Phi) is 5.35. The molecule has 0 fully saturated rings. The van der Waals surface area contributed by atoms with Crippen LogP contribution >= 0.6 is 11.3 Å². The van der Waals surface area contributed by atoms with E-state index in [2.05, 4.69) is 10.3 Å². The first-order valence-electron chi connectivity index (χ1n) is 6.65. The van der Waals surface area contributed by atoms with E-state index in [4.69, 9.17) is 9.47 Å². The van der Waals surface area contributed by atoms with Crippen LogP contribution in [0.1, 0.15) is 27.2 Å². The fourth-order valence-corrected chi connectivity index (χ4v) is 2.55. The molecule has 1 heterocycles. The quantitative estimate of drug-likeness (QED) is 0.849. The molecule has 1 aromatic heterocycles. The number of carbonyl (C=O) groups is 1. The van der Waals surface area contributed by atoms with Crippen molar-refractivity contribution in [1.82, 2.24) is 10.3 Å². The number of amides is 1. The normalized spacial score (nSPS) is 11.8. The number of benzene rings is 1. The second-order valence-electron chi connectivity index (χ2n) is 4.59. The van der Waals surface area contributed by atoms with Crippen molar-refractivity contribution in [3.63, 3.8) is 0 Å². The minimum absolute atomic E-state index is 0.0545. The van der Waals surface area contributed by atoms with E-state index in [1.165, 1.54) is 18.4 Å². The number of ether oxygens (including phenoxy) is 2. The lowest BCUT2D eigenvalue weighted by Gasteiger charge is -2.16. The van der Waals surface area contributed by atoms with Crippen LogP contribution in [-0.4, -0.2) is 36.8 Å². The predicted molar refractivity (Wildman–Crippen MR) is 83.7 cm³/mol. The number of hydrogen-bond acceptors (Lipinski definition) is 6. The average Bonchev–Trinajstić information content (AvgIpc) is 2.98. The average molecular weight is 322 g/mol. The van der Waals surface area contributed by atoms with Gasteiger partial charge >= 0.3 is 0 Å². The molecule has 1 aromatic carbocycles. The van der Waals surface area contributed by atoms with E-state index in [0.717, 1.165) is 5.01 Å². The highest BCUT2D eigenvalue weighted by atomic mass is 32.1. The van der Waals surface area contributed by atoms with Gasteiger partial charge in [0.25, 0.3) is 5.91 Å². The number of aliphatic hydroxyl groups excluding tert-OH is 1. The van der Waals surface area contributed by atoms with Gasteiger partial charge in [0.2, 0.25) is 0 Å². The summed E-state index contributed by atoms with van der Waals surface area (Å²) in [5.74, 6) is 0.827. The number of nitrogens with zero attached hydrogens (tertiary/aromatic N) is 1. The van der Waals surface area contributed by atoms with Gasteiger partial charge in [0.15, 0.2) is 0 Å². The van der Waals surface area contributed by atoms with Crippen LogP contribution in [-0.2, 0) is 0 Å². The summed E-state index contributed by atoms with van der Waals surface area (Å²) in [5, 5.41) is 15.4. The number of methoxy groups -OCH3 is 2. The van der Waals surface area contributed by atoms with Crippen LogP contribution in [0.25, 0.3) is 0 Å². The standard InChI is InChI=1S/C15H18N2O4S/c1-9-17-12(8-22-9)15(19)16-7-13(18)11-6-10(20-2)4-5-14(11)21-3/h4-6,8,13,18H,7H2,1-3H3,(H,16,19). The highest BCUT2D eigenvalue weighted by Gasteiger charge is 2.17. The largest absolute Gasteiger partial charge is 0.497 e. The Bertz CT molecular complexity index is 657. The second-order valence-corrected chi connectivity index (χ2v) is 5.65. The van der Waals surface area contributed by atoms with Crippen molar-refractivity contribution in [3.8, 4) is 11.5 Å². The number of aromatic nitrogens is 1. The summed E-state index contributed by atoms with van der Waals surface area (Å²) in [4.78, 5) is 16.0. The van der Waals surface area contributed by atoms with Gasteiger partial charge in [0.05, 0.1) is 19.2 Å². The molecule has 0 radical (unpaired) electrons. The summed E-state index contributed by atoms with van der Waals surface area (Å²) in [6, 6.07) is 5.14. The van der Waals surface area contributed by atoms with Gasteiger partial charge in [-0.3, -0.25) is 4.79 Å². The van der Waals surface area contributed by atoms with Gasteiger partial charge in [-0.15, -0.1) is 11.3 Å². The third-order valence-electron chi connectivity index (χ3n) is 3.10. The number of carbonyl (C=O) groups excluding carboxylic acids is 1. The summed E-state index contributed by atoms with van der Waals surface area (Å²) >= 11 is 1.40. The minimum Gasteiger partial charge on any atom is -0.497 e. The van der Waals surface area contributed by atoms with Crippen molar-refractivity contribution < 1.29 is 19.4 Å². The summed E-state index contributed by atoms with van der Waals surface area (Å²) in [6.07, 6.45) is -0.909. The monoisotopic (exact) mass is 322 g/mol. The van der Waals surface area contributed by atoms with Crippen molar-refractivity contribution in [2.45, 2.75) is 13.0 Å². The molecule has 1 atom stereocenters. The van der Waals surface area contributed by atoms with Crippen LogP contribution in [0.5, 0.6) is 11.5 Å².